The molecule has 0 unspecified atom stereocenters. The van der Waals surface area contributed by atoms with Crippen LogP contribution in [0.15, 0.2) is 47.4 Å². The van der Waals surface area contributed by atoms with Crippen LogP contribution >= 0.6 is 22.6 Å². The van der Waals surface area contributed by atoms with E-state index in [0.29, 0.717) is 4.90 Å². The number of sulfone groups is 1. The van der Waals surface area contributed by atoms with Crippen LogP contribution in [0.1, 0.15) is 0 Å². The van der Waals surface area contributed by atoms with Crippen molar-refractivity contribution in [3.05, 3.63) is 46.0 Å². The second-order valence-corrected chi connectivity index (χ2v) is 7.80. The van der Waals surface area contributed by atoms with Gasteiger partial charge in [-0.3, -0.25) is 0 Å². The average Bonchev–Trinajstić information content (AvgIpc) is 2.81. The van der Waals surface area contributed by atoms with Gasteiger partial charge in [-0.05, 0) is 52.9 Å². The van der Waals surface area contributed by atoms with Crippen molar-refractivity contribution >= 4 is 43.5 Å². The fourth-order valence-electron chi connectivity index (χ4n) is 1.96. The molecule has 1 N–H and O–H groups in total. The van der Waals surface area contributed by atoms with E-state index in [4.69, 9.17) is 0 Å². The van der Waals surface area contributed by atoms with Crippen LogP contribution < -0.4 is 0 Å². The molecule has 0 radical (unpaired) electrons. The Kier molecular flexibility index (Phi) is 3.29. The third kappa shape index (κ3) is 2.57. The van der Waals surface area contributed by atoms with E-state index >= 15 is 0 Å². The van der Waals surface area contributed by atoms with Crippen LogP contribution in [0.3, 0.4) is 0 Å². The molecule has 1 aromatic heterocycles. The van der Waals surface area contributed by atoms with Gasteiger partial charge in [0.05, 0.1) is 15.9 Å². The van der Waals surface area contributed by atoms with Crippen LogP contribution in [0, 0.1) is 3.57 Å². The molecule has 0 aliphatic carbocycles. The van der Waals surface area contributed by atoms with Gasteiger partial charge in [0.1, 0.15) is 5.82 Å². The molecule has 0 saturated heterocycles. The van der Waals surface area contributed by atoms with Crippen LogP contribution in [-0.2, 0) is 9.84 Å². The Morgan fingerprint density at radius 3 is 2.45 bits per heavy atom. The van der Waals surface area contributed by atoms with E-state index in [1.165, 1.54) is 6.26 Å². The zero-order valence-electron chi connectivity index (χ0n) is 10.6. The zero-order valence-corrected chi connectivity index (χ0v) is 13.6. The minimum absolute atomic E-state index is 0.294. The van der Waals surface area contributed by atoms with Crippen molar-refractivity contribution in [2.24, 2.45) is 0 Å². The lowest BCUT2D eigenvalue weighted by Crippen LogP contribution is -1.96. The lowest BCUT2D eigenvalue weighted by atomic mass is 10.2. The van der Waals surface area contributed by atoms with Crippen molar-refractivity contribution in [2.75, 3.05) is 6.26 Å². The molecule has 0 atom stereocenters. The number of fused-ring (bicyclic) bond motifs is 1. The minimum atomic E-state index is -3.20. The van der Waals surface area contributed by atoms with Crippen molar-refractivity contribution in [3.63, 3.8) is 0 Å². The highest BCUT2D eigenvalue weighted by Gasteiger charge is 2.10. The summed E-state index contributed by atoms with van der Waals surface area (Å²) in [5.74, 6) is 0.738. The first kappa shape index (κ1) is 13.6. The minimum Gasteiger partial charge on any atom is -0.338 e. The number of imidazole rings is 1. The third-order valence-corrected chi connectivity index (χ3v) is 4.83. The van der Waals surface area contributed by atoms with Gasteiger partial charge in [-0.25, -0.2) is 13.4 Å². The number of rotatable bonds is 2. The number of H-pyrrole nitrogens is 1. The maximum absolute atomic E-state index is 11.6. The van der Waals surface area contributed by atoms with Crippen molar-refractivity contribution in [1.29, 1.82) is 0 Å². The van der Waals surface area contributed by atoms with E-state index in [1.807, 2.05) is 24.3 Å². The Morgan fingerprint density at radius 2 is 1.80 bits per heavy atom. The predicted octanol–water partition coefficient (Wildman–Crippen LogP) is 3.24. The highest BCUT2D eigenvalue weighted by atomic mass is 127. The van der Waals surface area contributed by atoms with Gasteiger partial charge in [0.15, 0.2) is 9.84 Å². The Balaban J connectivity index is 2.13. The number of aromatic nitrogens is 2. The van der Waals surface area contributed by atoms with Crippen molar-refractivity contribution in [3.8, 4) is 11.4 Å². The fraction of sp³-hybridized carbons (Fsp3) is 0.0714. The zero-order chi connectivity index (χ0) is 14.3. The smallest absolute Gasteiger partial charge is 0.175 e. The van der Waals surface area contributed by atoms with Gasteiger partial charge in [0, 0.05) is 15.4 Å². The Labute approximate surface area is 130 Å². The van der Waals surface area contributed by atoms with Gasteiger partial charge >= 0.3 is 0 Å². The summed E-state index contributed by atoms with van der Waals surface area (Å²) in [4.78, 5) is 7.94. The first-order chi connectivity index (χ1) is 9.43. The molecular formula is C14H11IN2O2S. The number of benzene rings is 2. The Bertz CT molecular complexity index is 883. The molecular weight excluding hydrogens is 387 g/mol. The maximum Gasteiger partial charge on any atom is 0.175 e. The van der Waals surface area contributed by atoms with Crippen LogP contribution in [0.25, 0.3) is 22.4 Å². The summed E-state index contributed by atoms with van der Waals surface area (Å²) >= 11 is 2.25. The van der Waals surface area contributed by atoms with Gasteiger partial charge in [0.2, 0.25) is 0 Å². The van der Waals surface area contributed by atoms with E-state index in [9.17, 15) is 8.42 Å². The number of hydrogen-bond donors (Lipinski definition) is 1. The molecule has 0 aliphatic heterocycles. The SMILES string of the molecule is CS(=O)(=O)c1ccc2nc(-c3ccc(I)cc3)[nH]c2c1. The number of aromatic amines is 1. The first-order valence-electron chi connectivity index (χ1n) is 5.89. The molecule has 20 heavy (non-hydrogen) atoms. The fourth-order valence-corrected chi connectivity index (χ4v) is 2.97. The molecule has 4 nitrogen and oxygen atoms in total. The summed E-state index contributed by atoms with van der Waals surface area (Å²) in [6, 6.07) is 12.9. The van der Waals surface area contributed by atoms with E-state index in [0.717, 1.165) is 26.0 Å². The lowest BCUT2D eigenvalue weighted by Gasteiger charge is -1.96. The standard InChI is InChI=1S/C14H11IN2O2S/c1-20(18,19)11-6-7-12-13(8-11)17-14(16-12)9-2-4-10(15)5-3-9/h2-8H,1H3,(H,16,17). The van der Waals surface area contributed by atoms with Crippen LogP contribution in [-0.4, -0.2) is 24.6 Å². The molecule has 3 aromatic rings. The molecule has 102 valence electrons. The molecule has 0 spiro atoms. The summed E-state index contributed by atoms with van der Waals surface area (Å²) in [7, 11) is -3.20. The Hall–Kier alpha value is -1.41. The second kappa shape index (κ2) is 4.85. The van der Waals surface area contributed by atoms with Gasteiger partial charge in [0.25, 0.3) is 0 Å². The monoisotopic (exact) mass is 398 g/mol. The molecule has 0 bridgehead atoms. The summed E-state index contributed by atoms with van der Waals surface area (Å²) < 4.78 is 24.3. The van der Waals surface area contributed by atoms with Gasteiger partial charge in [-0.2, -0.15) is 0 Å². The first-order valence-corrected chi connectivity index (χ1v) is 8.86. The number of hydrogen-bond acceptors (Lipinski definition) is 3. The number of nitrogens with zero attached hydrogens (tertiary/aromatic N) is 1. The summed E-state index contributed by atoms with van der Waals surface area (Å²) in [6.45, 7) is 0. The number of halogens is 1. The van der Waals surface area contributed by atoms with Gasteiger partial charge in [-0.15, -0.1) is 0 Å². The second-order valence-electron chi connectivity index (χ2n) is 4.54. The lowest BCUT2D eigenvalue weighted by molar-refractivity contribution is 0.602. The molecule has 0 saturated carbocycles. The average molecular weight is 398 g/mol. The number of nitrogens with one attached hydrogen (secondary N) is 1. The van der Waals surface area contributed by atoms with Crippen molar-refractivity contribution in [2.45, 2.75) is 4.90 Å². The third-order valence-electron chi connectivity index (χ3n) is 3.00. The van der Waals surface area contributed by atoms with E-state index < -0.39 is 9.84 Å². The summed E-state index contributed by atoms with van der Waals surface area (Å²) in [5, 5.41) is 0. The van der Waals surface area contributed by atoms with Crippen molar-refractivity contribution < 1.29 is 8.42 Å². The normalized spacial score (nSPS) is 11.9. The highest BCUT2D eigenvalue weighted by Crippen LogP contribution is 2.23. The molecule has 2 aromatic carbocycles. The van der Waals surface area contributed by atoms with Crippen LogP contribution in [0.5, 0.6) is 0 Å². The molecule has 0 aliphatic rings. The van der Waals surface area contributed by atoms with E-state index in [2.05, 4.69) is 32.6 Å². The molecule has 3 rings (SSSR count). The topological polar surface area (TPSA) is 62.8 Å². The Morgan fingerprint density at radius 1 is 1.10 bits per heavy atom. The summed E-state index contributed by atoms with van der Waals surface area (Å²) in [5.41, 5.74) is 2.45. The van der Waals surface area contributed by atoms with Gasteiger partial charge in [-0.1, -0.05) is 12.1 Å². The van der Waals surface area contributed by atoms with Crippen LogP contribution in [0.4, 0.5) is 0 Å². The highest BCUT2D eigenvalue weighted by molar-refractivity contribution is 14.1. The summed E-state index contributed by atoms with van der Waals surface area (Å²) in [6.07, 6.45) is 1.20. The van der Waals surface area contributed by atoms with Gasteiger partial charge < -0.3 is 4.98 Å². The molecule has 1 heterocycles. The predicted molar refractivity (Wildman–Crippen MR) is 87.4 cm³/mol. The maximum atomic E-state index is 11.6. The van der Waals surface area contributed by atoms with Crippen LogP contribution in [0.2, 0.25) is 0 Å². The van der Waals surface area contributed by atoms with E-state index in [-0.39, 0.29) is 0 Å². The molecule has 0 fully saturated rings. The quantitative estimate of drug-likeness (QED) is 0.675. The van der Waals surface area contributed by atoms with Crippen molar-refractivity contribution in [1.82, 2.24) is 9.97 Å². The largest absolute Gasteiger partial charge is 0.338 e. The molecule has 0 amide bonds. The molecule has 6 heteroatoms. The van der Waals surface area contributed by atoms with E-state index in [1.54, 1.807) is 18.2 Å².